The number of carboxylic acid groups (broad SMARTS) is 3. The van der Waals surface area contributed by atoms with Crippen molar-refractivity contribution in [3.05, 3.63) is 0 Å². The third kappa shape index (κ3) is 9.55. The summed E-state index contributed by atoms with van der Waals surface area (Å²) in [6.07, 6.45) is 1.50. The number of carbonyl (C=O) groups excluding carboxylic acids is 3. The number of hydrogen-bond acceptors (Lipinski definition) is 8. The predicted octanol–water partition coefficient (Wildman–Crippen LogP) is -1.16. The lowest BCUT2D eigenvalue weighted by molar-refractivity contribution is -0.145. The minimum atomic E-state index is -1.29. The van der Waals surface area contributed by atoms with E-state index in [1.54, 1.807) is 6.26 Å². The lowest BCUT2D eigenvalue weighted by atomic mass is 10.1. The number of amides is 3. The van der Waals surface area contributed by atoms with Gasteiger partial charge in [0, 0.05) is 19.4 Å². The fourth-order valence-corrected chi connectivity index (χ4v) is 3.95. The van der Waals surface area contributed by atoms with Crippen molar-refractivity contribution < 1.29 is 44.1 Å². The molecule has 7 N–H and O–H groups in total. The van der Waals surface area contributed by atoms with Gasteiger partial charge in [-0.15, -0.1) is 0 Å². The molecule has 1 fully saturated rings. The molecule has 0 spiro atoms. The Morgan fingerprint density at radius 3 is 2.15 bits per heavy atom. The van der Waals surface area contributed by atoms with E-state index < -0.39 is 66.2 Å². The first-order chi connectivity index (χ1) is 16.0. The number of thioether (sulfide) groups is 1. The van der Waals surface area contributed by atoms with Gasteiger partial charge in [0.1, 0.15) is 18.1 Å². The highest BCUT2D eigenvalue weighted by atomic mass is 32.2. The minimum Gasteiger partial charge on any atom is -0.481 e. The number of rotatable bonds is 15. The van der Waals surface area contributed by atoms with Crippen LogP contribution in [0.2, 0.25) is 0 Å². The van der Waals surface area contributed by atoms with E-state index in [9.17, 15) is 33.9 Å². The SMILES string of the molecule is CSCCC(NC(=O)C1CCCN1C(=O)C(CCC(=O)O)NC(=O)C(N)CCC(=O)O)C(=O)O. The minimum absolute atomic E-state index is 0.171. The molecule has 0 aromatic heterocycles. The van der Waals surface area contributed by atoms with Crippen LogP contribution in [0.15, 0.2) is 0 Å². The highest BCUT2D eigenvalue weighted by molar-refractivity contribution is 7.98. The smallest absolute Gasteiger partial charge is 0.326 e. The molecular formula is C20H32N4O9S. The zero-order valence-electron chi connectivity index (χ0n) is 18.9. The van der Waals surface area contributed by atoms with Crippen LogP contribution >= 0.6 is 11.8 Å². The van der Waals surface area contributed by atoms with Crippen molar-refractivity contribution in [3.8, 4) is 0 Å². The molecular weight excluding hydrogens is 472 g/mol. The van der Waals surface area contributed by atoms with E-state index in [0.717, 1.165) is 0 Å². The van der Waals surface area contributed by atoms with Crippen molar-refractivity contribution >= 4 is 47.4 Å². The van der Waals surface area contributed by atoms with Crippen molar-refractivity contribution in [2.45, 2.75) is 69.1 Å². The predicted molar refractivity (Wildman–Crippen MR) is 121 cm³/mol. The first-order valence-corrected chi connectivity index (χ1v) is 12.2. The van der Waals surface area contributed by atoms with Crippen molar-refractivity contribution in [2.24, 2.45) is 5.73 Å². The number of carbonyl (C=O) groups is 6. The molecule has 1 aliphatic rings. The number of hydrogen-bond donors (Lipinski definition) is 6. The molecule has 0 bridgehead atoms. The van der Waals surface area contributed by atoms with Gasteiger partial charge < -0.3 is 36.6 Å². The van der Waals surface area contributed by atoms with Crippen LogP contribution in [0.25, 0.3) is 0 Å². The zero-order valence-corrected chi connectivity index (χ0v) is 19.7. The quantitative estimate of drug-likeness (QED) is 0.156. The number of carboxylic acids is 3. The Kier molecular flexibility index (Phi) is 12.4. The molecule has 1 aliphatic heterocycles. The summed E-state index contributed by atoms with van der Waals surface area (Å²) < 4.78 is 0. The summed E-state index contributed by atoms with van der Waals surface area (Å²) in [6.45, 7) is 0.171. The van der Waals surface area contributed by atoms with E-state index in [1.807, 2.05) is 0 Å². The van der Waals surface area contributed by atoms with Crippen LogP contribution < -0.4 is 16.4 Å². The maximum atomic E-state index is 13.2. The highest BCUT2D eigenvalue weighted by Gasteiger charge is 2.39. The third-order valence-electron chi connectivity index (χ3n) is 5.33. The van der Waals surface area contributed by atoms with Crippen LogP contribution in [0.4, 0.5) is 0 Å². The van der Waals surface area contributed by atoms with Gasteiger partial charge in [-0.3, -0.25) is 24.0 Å². The van der Waals surface area contributed by atoms with E-state index in [-0.39, 0.29) is 38.6 Å². The molecule has 0 aliphatic carbocycles. The van der Waals surface area contributed by atoms with Crippen molar-refractivity contribution in [2.75, 3.05) is 18.6 Å². The molecule has 4 unspecified atom stereocenters. The summed E-state index contributed by atoms with van der Waals surface area (Å²) in [6, 6.07) is -4.60. The van der Waals surface area contributed by atoms with Gasteiger partial charge >= 0.3 is 17.9 Å². The molecule has 34 heavy (non-hydrogen) atoms. The van der Waals surface area contributed by atoms with Gasteiger partial charge in [0.2, 0.25) is 17.7 Å². The summed E-state index contributed by atoms with van der Waals surface area (Å²) in [5.74, 6) is -5.17. The molecule has 4 atom stereocenters. The van der Waals surface area contributed by atoms with Gasteiger partial charge in [-0.25, -0.2) is 4.79 Å². The first kappa shape index (κ1) is 29.2. The van der Waals surface area contributed by atoms with Gasteiger partial charge in [-0.2, -0.15) is 11.8 Å². The molecule has 0 radical (unpaired) electrons. The summed E-state index contributed by atoms with van der Waals surface area (Å²) >= 11 is 1.43. The summed E-state index contributed by atoms with van der Waals surface area (Å²) in [5, 5.41) is 31.9. The molecule has 192 valence electrons. The van der Waals surface area contributed by atoms with Gasteiger partial charge in [-0.05, 0) is 44.1 Å². The van der Waals surface area contributed by atoms with Crippen LogP contribution in [0.3, 0.4) is 0 Å². The van der Waals surface area contributed by atoms with Crippen molar-refractivity contribution in [1.82, 2.24) is 15.5 Å². The van der Waals surface area contributed by atoms with Gasteiger partial charge in [0.15, 0.2) is 0 Å². The van der Waals surface area contributed by atoms with E-state index >= 15 is 0 Å². The fraction of sp³-hybridized carbons (Fsp3) is 0.700. The Labute approximate surface area is 200 Å². The molecule has 0 saturated carbocycles. The van der Waals surface area contributed by atoms with Crippen LogP contribution in [-0.2, 0) is 28.8 Å². The van der Waals surface area contributed by atoms with Crippen molar-refractivity contribution in [3.63, 3.8) is 0 Å². The standard InChI is InChI=1S/C20H32N4O9S/c1-34-10-8-13(20(32)33)23-18(30)14-3-2-9-24(14)19(31)12(5-7-16(27)28)22-17(29)11(21)4-6-15(25)26/h11-14H,2-10,21H2,1H3,(H,22,29)(H,23,30)(H,25,26)(H,27,28)(H,32,33). The van der Waals surface area contributed by atoms with E-state index in [0.29, 0.717) is 12.2 Å². The number of nitrogens with one attached hydrogen (secondary N) is 2. The summed E-state index contributed by atoms with van der Waals surface area (Å²) in [5.41, 5.74) is 5.68. The normalized spacial score (nSPS) is 17.9. The molecule has 1 heterocycles. The second-order valence-corrected chi connectivity index (χ2v) is 8.89. The Morgan fingerprint density at radius 2 is 1.59 bits per heavy atom. The monoisotopic (exact) mass is 504 g/mol. The van der Waals surface area contributed by atoms with Crippen LogP contribution in [-0.4, -0.2) is 98.6 Å². The molecule has 1 saturated heterocycles. The van der Waals surface area contributed by atoms with E-state index in [2.05, 4.69) is 10.6 Å². The number of nitrogens with two attached hydrogens (primary N) is 1. The molecule has 0 aromatic carbocycles. The Bertz CT molecular complexity index is 779. The third-order valence-corrected chi connectivity index (χ3v) is 5.98. The molecule has 14 heteroatoms. The number of nitrogens with zero attached hydrogens (tertiary/aromatic N) is 1. The van der Waals surface area contributed by atoms with Gasteiger partial charge in [0.25, 0.3) is 0 Å². The lowest BCUT2D eigenvalue weighted by Crippen LogP contribution is -2.56. The largest absolute Gasteiger partial charge is 0.481 e. The molecule has 1 rings (SSSR count). The van der Waals surface area contributed by atoms with Gasteiger partial charge in [-0.1, -0.05) is 0 Å². The maximum Gasteiger partial charge on any atom is 0.326 e. The fourth-order valence-electron chi connectivity index (χ4n) is 3.48. The Morgan fingerprint density at radius 1 is 0.971 bits per heavy atom. The lowest BCUT2D eigenvalue weighted by Gasteiger charge is -2.29. The van der Waals surface area contributed by atoms with Crippen LogP contribution in [0.5, 0.6) is 0 Å². The zero-order chi connectivity index (χ0) is 25.8. The molecule has 3 amide bonds. The average Bonchev–Trinajstić information content (AvgIpc) is 3.26. The van der Waals surface area contributed by atoms with E-state index in [4.69, 9.17) is 15.9 Å². The first-order valence-electron chi connectivity index (χ1n) is 10.8. The van der Waals surface area contributed by atoms with Crippen LogP contribution in [0, 0.1) is 0 Å². The van der Waals surface area contributed by atoms with Crippen LogP contribution in [0.1, 0.15) is 44.9 Å². The van der Waals surface area contributed by atoms with Gasteiger partial charge in [0.05, 0.1) is 6.04 Å². The van der Waals surface area contributed by atoms with E-state index in [1.165, 1.54) is 16.7 Å². The maximum absolute atomic E-state index is 13.2. The molecule has 13 nitrogen and oxygen atoms in total. The summed E-state index contributed by atoms with van der Waals surface area (Å²) in [4.78, 5) is 72.7. The summed E-state index contributed by atoms with van der Waals surface area (Å²) in [7, 11) is 0. The second-order valence-electron chi connectivity index (χ2n) is 7.90. The topological polar surface area (TPSA) is 216 Å². The Hall–Kier alpha value is -2.87. The molecule has 0 aromatic rings. The second kappa shape index (κ2) is 14.4. The van der Waals surface area contributed by atoms with Crippen molar-refractivity contribution in [1.29, 1.82) is 0 Å². The Balaban J connectivity index is 2.94. The number of aliphatic carboxylic acids is 3. The number of likely N-dealkylation sites (tertiary alicyclic amines) is 1. The average molecular weight is 505 g/mol. The highest BCUT2D eigenvalue weighted by Crippen LogP contribution is 2.20.